The summed E-state index contributed by atoms with van der Waals surface area (Å²) in [6, 6.07) is 17.0. The summed E-state index contributed by atoms with van der Waals surface area (Å²) in [5.41, 5.74) is 9.74. The smallest absolute Gasteiger partial charge is 0.264 e. The van der Waals surface area contributed by atoms with Crippen LogP contribution in [0, 0.1) is 0 Å². The number of amides is 2. The number of carbonyl (C=O) groups is 2. The van der Waals surface area contributed by atoms with Crippen LogP contribution in [0.2, 0.25) is 0 Å². The number of rotatable bonds is 9. The van der Waals surface area contributed by atoms with Crippen LogP contribution in [-0.2, 0) is 6.61 Å². The second-order valence-corrected chi connectivity index (χ2v) is 12.0. The lowest BCUT2D eigenvalue weighted by Gasteiger charge is -2.36. The van der Waals surface area contributed by atoms with E-state index >= 15 is 0 Å². The van der Waals surface area contributed by atoms with E-state index in [1.54, 1.807) is 36.5 Å². The average Bonchev–Trinajstić information content (AvgIpc) is 3.77. The molecule has 4 aromatic rings. The molecular weight excluding hydrogens is 570 g/mol. The summed E-state index contributed by atoms with van der Waals surface area (Å²) in [4.78, 5) is 38.7. The van der Waals surface area contributed by atoms with Crippen molar-refractivity contribution in [2.75, 3.05) is 31.9 Å². The van der Waals surface area contributed by atoms with Gasteiger partial charge in [-0.3, -0.25) is 9.59 Å². The summed E-state index contributed by atoms with van der Waals surface area (Å²) >= 11 is 0. The van der Waals surface area contributed by atoms with Crippen molar-refractivity contribution < 1.29 is 18.8 Å². The fourth-order valence-corrected chi connectivity index (χ4v) is 5.94. The molecular formula is C34H39N7O4. The summed E-state index contributed by atoms with van der Waals surface area (Å²) in [6.45, 7) is 7.82. The van der Waals surface area contributed by atoms with Crippen LogP contribution in [0.5, 0.6) is 5.75 Å². The van der Waals surface area contributed by atoms with Crippen LogP contribution >= 0.6 is 0 Å². The molecule has 11 nitrogen and oxygen atoms in total. The van der Waals surface area contributed by atoms with Crippen molar-refractivity contribution in [2.24, 2.45) is 0 Å². The maximum atomic E-state index is 13.2. The second kappa shape index (κ2) is 13.5. The molecule has 2 aromatic heterocycles. The number of piperidine rings is 1. The molecule has 45 heavy (non-hydrogen) atoms. The fourth-order valence-electron chi connectivity index (χ4n) is 5.94. The first-order valence-corrected chi connectivity index (χ1v) is 15.6. The first-order chi connectivity index (χ1) is 21.8. The predicted octanol–water partition coefficient (Wildman–Crippen LogP) is 4.80. The van der Waals surface area contributed by atoms with Gasteiger partial charge in [-0.2, -0.15) is 4.98 Å². The Balaban J connectivity index is 1.05. The summed E-state index contributed by atoms with van der Waals surface area (Å²) in [7, 11) is 0. The Bertz CT molecular complexity index is 1620. The van der Waals surface area contributed by atoms with Crippen molar-refractivity contribution >= 4 is 17.6 Å². The Morgan fingerprint density at radius 2 is 1.62 bits per heavy atom. The van der Waals surface area contributed by atoms with Crippen molar-refractivity contribution in [3.8, 4) is 28.3 Å². The lowest BCUT2D eigenvalue weighted by Crippen LogP contribution is -2.45. The summed E-state index contributed by atoms with van der Waals surface area (Å²) in [5.74, 6) is 1.21. The van der Waals surface area contributed by atoms with Gasteiger partial charge >= 0.3 is 0 Å². The normalized spacial score (nSPS) is 15.8. The zero-order valence-electron chi connectivity index (χ0n) is 25.7. The molecule has 0 unspecified atom stereocenters. The lowest BCUT2D eigenvalue weighted by molar-refractivity contribution is 0.0644. The number of nitrogens with one attached hydrogen (secondary N) is 1. The summed E-state index contributed by atoms with van der Waals surface area (Å²) in [5, 5.41) is 6.90. The van der Waals surface area contributed by atoms with Crippen LogP contribution < -0.4 is 15.8 Å². The average molecular weight is 610 g/mol. The van der Waals surface area contributed by atoms with Crippen LogP contribution in [0.4, 0.5) is 5.82 Å². The molecule has 3 N–H and O–H groups in total. The Morgan fingerprint density at radius 3 is 2.31 bits per heavy atom. The van der Waals surface area contributed by atoms with Gasteiger partial charge in [0.25, 0.3) is 17.7 Å². The minimum atomic E-state index is -0.139. The molecule has 234 valence electrons. The monoisotopic (exact) mass is 609 g/mol. The quantitative estimate of drug-likeness (QED) is 0.274. The van der Waals surface area contributed by atoms with E-state index < -0.39 is 0 Å². The molecule has 2 fully saturated rings. The van der Waals surface area contributed by atoms with E-state index in [-0.39, 0.29) is 36.2 Å². The predicted molar refractivity (Wildman–Crippen MR) is 170 cm³/mol. The third-order valence-corrected chi connectivity index (χ3v) is 8.40. The van der Waals surface area contributed by atoms with Crippen molar-refractivity contribution in [1.82, 2.24) is 30.2 Å². The number of hydrogen-bond acceptors (Lipinski definition) is 9. The standard InChI is InChI=1S/C34H39N7O4/c1-22(2)37-33(42)25-9-7-24(8-10-25)32-38-30(45-39-32)21-44-29-19-27(20-36-31(29)35)23-5-11-26(12-6-23)34(43)41-17-13-28(14-18-41)40-15-3-4-16-40/h5-12,19-20,22,28H,3-4,13-18,21H2,1-2H3,(H2,35,36)(H,37,42). The van der Waals surface area contributed by atoms with Crippen molar-refractivity contribution in [3.05, 3.63) is 77.8 Å². The summed E-state index contributed by atoms with van der Waals surface area (Å²) in [6.07, 6.45) is 6.35. The van der Waals surface area contributed by atoms with Crippen LogP contribution in [0.25, 0.3) is 22.5 Å². The molecule has 0 atom stereocenters. The van der Waals surface area contributed by atoms with Gasteiger partial charge in [-0.1, -0.05) is 29.4 Å². The molecule has 0 bridgehead atoms. The third kappa shape index (κ3) is 7.15. The third-order valence-electron chi connectivity index (χ3n) is 8.40. The minimum absolute atomic E-state index is 0.000890. The SMILES string of the molecule is CC(C)NC(=O)c1ccc(-c2noc(COc3cc(-c4ccc(C(=O)N5CCC(N6CCCC6)CC5)cc4)cnc3N)n2)cc1. The van der Waals surface area contributed by atoms with Gasteiger partial charge in [-0.25, -0.2) is 4.98 Å². The molecule has 11 heteroatoms. The molecule has 0 spiro atoms. The molecule has 0 saturated carbocycles. The number of nitrogens with two attached hydrogens (primary N) is 1. The Hall–Kier alpha value is -4.77. The molecule has 0 aliphatic carbocycles. The van der Waals surface area contributed by atoms with Gasteiger partial charge in [0.15, 0.2) is 18.2 Å². The van der Waals surface area contributed by atoms with E-state index in [0.29, 0.717) is 34.3 Å². The molecule has 2 aliphatic heterocycles. The number of pyridine rings is 1. The maximum Gasteiger partial charge on any atom is 0.264 e. The van der Waals surface area contributed by atoms with Crippen molar-refractivity contribution in [3.63, 3.8) is 0 Å². The molecule has 2 saturated heterocycles. The second-order valence-electron chi connectivity index (χ2n) is 12.0. The van der Waals surface area contributed by atoms with E-state index in [1.807, 2.05) is 43.0 Å². The first kappa shape index (κ1) is 30.3. The molecule has 4 heterocycles. The van der Waals surface area contributed by atoms with Gasteiger partial charge in [-0.15, -0.1) is 0 Å². The number of nitrogen functional groups attached to an aromatic ring is 1. The Labute approximate surface area is 262 Å². The largest absolute Gasteiger partial charge is 0.480 e. The first-order valence-electron chi connectivity index (χ1n) is 15.6. The van der Waals surface area contributed by atoms with E-state index in [9.17, 15) is 9.59 Å². The van der Waals surface area contributed by atoms with Crippen molar-refractivity contribution in [1.29, 1.82) is 0 Å². The molecule has 0 radical (unpaired) electrons. The Kier molecular flexibility index (Phi) is 9.06. The van der Waals surface area contributed by atoms with Crippen LogP contribution in [-0.4, -0.2) is 75.0 Å². The summed E-state index contributed by atoms with van der Waals surface area (Å²) < 4.78 is 11.3. The van der Waals surface area contributed by atoms with Gasteiger partial charge in [0.1, 0.15) is 0 Å². The lowest BCUT2D eigenvalue weighted by atomic mass is 10.0. The van der Waals surface area contributed by atoms with E-state index in [2.05, 4.69) is 25.3 Å². The zero-order chi connectivity index (χ0) is 31.3. The van der Waals surface area contributed by atoms with Gasteiger partial charge in [-0.05, 0) is 88.5 Å². The number of carbonyl (C=O) groups excluding carboxylic acids is 2. The number of benzene rings is 2. The highest BCUT2D eigenvalue weighted by Crippen LogP contribution is 2.29. The number of ether oxygens (including phenoxy) is 1. The molecule has 2 aromatic carbocycles. The van der Waals surface area contributed by atoms with E-state index in [1.165, 1.54) is 25.9 Å². The highest BCUT2D eigenvalue weighted by molar-refractivity contribution is 5.95. The Morgan fingerprint density at radius 1 is 0.956 bits per heavy atom. The maximum absolute atomic E-state index is 13.2. The van der Waals surface area contributed by atoms with Crippen LogP contribution in [0.15, 0.2) is 65.3 Å². The highest BCUT2D eigenvalue weighted by atomic mass is 16.5. The highest BCUT2D eigenvalue weighted by Gasteiger charge is 2.28. The molecule has 2 amide bonds. The number of hydrogen-bond donors (Lipinski definition) is 2. The number of likely N-dealkylation sites (tertiary alicyclic amines) is 2. The minimum Gasteiger partial charge on any atom is -0.480 e. The van der Waals surface area contributed by atoms with Crippen LogP contribution in [0.1, 0.15) is 66.1 Å². The van der Waals surface area contributed by atoms with Gasteiger partial charge < -0.3 is 30.1 Å². The van der Waals surface area contributed by atoms with Gasteiger partial charge in [0.2, 0.25) is 5.82 Å². The molecule has 2 aliphatic rings. The zero-order valence-corrected chi connectivity index (χ0v) is 25.7. The molecule has 6 rings (SSSR count). The van der Waals surface area contributed by atoms with Crippen LogP contribution in [0.3, 0.4) is 0 Å². The number of nitrogens with zero attached hydrogens (tertiary/aromatic N) is 5. The fraction of sp³-hybridized carbons (Fsp3) is 0.382. The van der Waals surface area contributed by atoms with E-state index in [4.69, 9.17) is 15.0 Å². The van der Waals surface area contributed by atoms with Gasteiger partial charge in [0.05, 0.1) is 0 Å². The number of anilines is 1. The topological polar surface area (TPSA) is 140 Å². The van der Waals surface area contributed by atoms with Crippen molar-refractivity contribution in [2.45, 2.75) is 58.2 Å². The van der Waals surface area contributed by atoms with Gasteiger partial charge in [0, 0.05) is 53.6 Å². The number of aromatic nitrogens is 3. The van der Waals surface area contributed by atoms with E-state index in [0.717, 1.165) is 37.1 Å².